The third-order valence-corrected chi connectivity index (χ3v) is 2.70. The van der Waals surface area contributed by atoms with E-state index in [1.807, 2.05) is 48.5 Å². The second-order valence-corrected chi connectivity index (χ2v) is 3.96. The van der Waals surface area contributed by atoms with Gasteiger partial charge in [0.1, 0.15) is 0 Å². The number of aliphatic hydroxyl groups is 1. The van der Waals surface area contributed by atoms with Crippen molar-refractivity contribution in [2.45, 2.75) is 13.0 Å². The Balaban J connectivity index is 2.11. The van der Waals surface area contributed by atoms with Crippen molar-refractivity contribution in [2.24, 2.45) is 0 Å². The first-order valence-corrected chi connectivity index (χ1v) is 5.49. The molecule has 0 amide bonds. The van der Waals surface area contributed by atoms with Crippen molar-refractivity contribution in [1.29, 1.82) is 5.26 Å². The molecule has 0 saturated heterocycles. The predicted molar refractivity (Wildman–Crippen MR) is 66.3 cm³/mol. The lowest BCUT2D eigenvalue weighted by Crippen LogP contribution is -1.89. The molecule has 2 aromatic carbocycles. The molecule has 0 aromatic heterocycles. The maximum Gasteiger partial charge on any atom is 0.0991 e. The van der Waals surface area contributed by atoms with Crippen molar-refractivity contribution < 1.29 is 5.11 Å². The lowest BCUT2D eigenvalue weighted by molar-refractivity contribution is 0.282. The van der Waals surface area contributed by atoms with Gasteiger partial charge in [-0.25, -0.2) is 0 Å². The summed E-state index contributed by atoms with van der Waals surface area (Å²) in [5.41, 5.74) is 3.99. The SMILES string of the molecule is N#Cc1ccc(Cc2ccc(CO)cc2)cc1. The molecular formula is C15H13NO. The standard InChI is InChI=1S/C15H13NO/c16-10-14-5-1-12(2-6-14)9-13-3-7-15(11-17)8-4-13/h1-8,17H,9,11H2. The molecule has 0 aliphatic heterocycles. The van der Waals surface area contributed by atoms with Gasteiger partial charge in [-0.1, -0.05) is 36.4 Å². The molecule has 0 atom stereocenters. The number of hydrogen-bond donors (Lipinski definition) is 1. The first kappa shape index (κ1) is 11.4. The van der Waals surface area contributed by atoms with E-state index >= 15 is 0 Å². The molecule has 0 bridgehead atoms. The number of nitriles is 1. The summed E-state index contributed by atoms with van der Waals surface area (Å²) in [6, 6.07) is 17.6. The fourth-order valence-electron chi connectivity index (χ4n) is 1.70. The average Bonchev–Trinajstić information content (AvgIpc) is 2.40. The van der Waals surface area contributed by atoms with E-state index < -0.39 is 0 Å². The monoisotopic (exact) mass is 223 g/mol. The highest BCUT2D eigenvalue weighted by Gasteiger charge is 1.97. The van der Waals surface area contributed by atoms with Gasteiger partial charge in [0.25, 0.3) is 0 Å². The fourth-order valence-corrected chi connectivity index (χ4v) is 1.70. The summed E-state index contributed by atoms with van der Waals surface area (Å²) in [5.74, 6) is 0. The highest BCUT2D eigenvalue weighted by atomic mass is 16.3. The molecule has 0 aliphatic carbocycles. The van der Waals surface area contributed by atoms with Gasteiger partial charge in [0.05, 0.1) is 18.2 Å². The third kappa shape index (κ3) is 2.93. The lowest BCUT2D eigenvalue weighted by atomic mass is 10.0. The predicted octanol–water partition coefficient (Wildman–Crippen LogP) is 2.64. The molecule has 0 unspecified atom stereocenters. The summed E-state index contributed by atoms with van der Waals surface area (Å²) in [5, 5.41) is 17.6. The summed E-state index contributed by atoms with van der Waals surface area (Å²) in [7, 11) is 0. The quantitative estimate of drug-likeness (QED) is 0.869. The van der Waals surface area contributed by atoms with Crippen molar-refractivity contribution in [1.82, 2.24) is 0 Å². The van der Waals surface area contributed by atoms with E-state index in [9.17, 15) is 0 Å². The normalized spacial score (nSPS) is 9.88. The summed E-state index contributed by atoms with van der Waals surface area (Å²) < 4.78 is 0. The molecule has 0 aliphatic rings. The minimum atomic E-state index is 0.0805. The fraction of sp³-hybridized carbons (Fsp3) is 0.133. The van der Waals surface area contributed by atoms with Crippen LogP contribution in [0.2, 0.25) is 0 Å². The zero-order valence-electron chi connectivity index (χ0n) is 9.43. The van der Waals surface area contributed by atoms with E-state index in [1.165, 1.54) is 11.1 Å². The van der Waals surface area contributed by atoms with Crippen LogP contribution in [0.5, 0.6) is 0 Å². The topological polar surface area (TPSA) is 44.0 Å². The summed E-state index contributed by atoms with van der Waals surface area (Å²) in [6.07, 6.45) is 0.845. The number of rotatable bonds is 3. The number of benzene rings is 2. The Kier molecular flexibility index (Phi) is 3.54. The third-order valence-electron chi connectivity index (χ3n) is 2.70. The Bertz CT molecular complexity index is 520. The zero-order chi connectivity index (χ0) is 12.1. The van der Waals surface area contributed by atoms with Crippen LogP contribution in [0.4, 0.5) is 0 Å². The first-order valence-electron chi connectivity index (χ1n) is 5.49. The van der Waals surface area contributed by atoms with Gasteiger partial charge in [0.15, 0.2) is 0 Å². The molecule has 0 heterocycles. The number of hydrogen-bond acceptors (Lipinski definition) is 2. The highest BCUT2D eigenvalue weighted by Crippen LogP contribution is 2.11. The van der Waals surface area contributed by atoms with Crippen LogP contribution < -0.4 is 0 Å². The molecular weight excluding hydrogens is 210 g/mol. The molecule has 0 spiro atoms. The number of aliphatic hydroxyl groups excluding tert-OH is 1. The van der Waals surface area contributed by atoms with Gasteiger partial charge in [-0.15, -0.1) is 0 Å². The van der Waals surface area contributed by atoms with Gasteiger partial charge in [-0.2, -0.15) is 5.26 Å². The number of nitrogens with zero attached hydrogens (tertiary/aromatic N) is 1. The molecule has 17 heavy (non-hydrogen) atoms. The average molecular weight is 223 g/mol. The largest absolute Gasteiger partial charge is 0.392 e. The molecule has 2 heteroatoms. The van der Waals surface area contributed by atoms with Crippen LogP contribution in [0.15, 0.2) is 48.5 Å². The van der Waals surface area contributed by atoms with E-state index in [0.29, 0.717) is 5.56 Å². The van der Waals surface area contributed by atoms with Crippen LogP contribution in [0.3, 0.4) is 0 Å². The van der Waals surface area contributed by atoms with Crippen molar-refractivity contribution in [3.05, 3.63) is 70.8 Å². The Morgan fingerprint density at radius 2 is 1.29 bits per heavy atom. The molecule has 2 rings (SSSR count). The Labute approximate surface area is 101 Å². The van der Waals surface area contributed by atoms with Crippen molar-refractivity contribution >= 4 is 0 Å². The van der Waals surface area contributed by atoms with E-state index in [1.54, 1.807) is 0 Å². The van der Waals surface area contributed by atoms with E-state index in [-0.39, 0.29) is 6.61 Å². The molecule has 0 fully saturated rings. The second-order valence-electron chi connectivity index (χ2n) is 3.96. The van der Waals surface area contributed by atoms with Crippen LogP contribution in [0, 0.1) is 11.3 Å². The zero-order valence-corrected chi connectivity index (χ0v) is 9.43. The van der Waals surface area contributed by atoms with Crippen LogP contribution >= 0.6 is 0 Å². The Morgan fingerprint density at radius 3 is 1.76 bits per heavy atom. The van der Waals surface area contributed by atoms with E-state index in [2.05, 4.69) is 6.07 Å². The molecule has 2 aromatic rings. The summed E-state index contributed by atoms with van der Waals surface area (Å²) in [4.78, 5) is 0. The molecule has 0 radical (unpaired) electrons. The van der Waals surface area contributed by atoms with Gasteiger partial charge in [0, 0.05) is 0 Å². The minimum Gasteiger partial charge on any atom is -0.392 e. The van der Waals surface area contributed by atoms with Crippen molar-refractivity contribution in [3.63, 3.8) is 0 Å². The van der Waals surface area contributed by atoms with E-state index in [4.69, 9.17) is 10.4 Å². The second kappa shape index (κ2) is 5.29. The van der Waals surface area contributed by atoms with Crippen LogP contribution in [0.1, 0.15) is 22.3 Å². The first-order chi connectivity index (χ1) is 8.31. The van der Waals surface area contributed by atoms with Gasteiger partial charge in [0.2, 0.25) is 0 Å². The summed E-state index contributed by atoms with van der Waals surface area (Å²) >= 11 is 0. The molecule has 0 saturated carbocycles. The van der Waals surface area contributed by atoms with Crippen molar-refractivity contribution in [3.8, 4) is 6.07 Å². The van der Waals surface area contributed by atoms with Gasteiger partial charge >= 0.3 is 0 Å². The van der Waals surface area contributed by atoms with Crippen molar-refractivity contribution in [2.75, 3.05) is 0 Å². The molecule has 1 N–H and O–H groups in total. The molecule has 84 valence electrons. The maximum atomic E-state index is 8.95. The highest BCUT2D eigenvalue weighted by molar-refractivity contribution is 5.34. The van der Waals surface area contributed by atoms with Gasteiger partial charge < -0.3 is 5.11 Å². The minimum absolute atomic E-state index is 0.0805. The maximum absolute atomic E-state index is 8.95. The Hall–Kier alpha value is -2.11. The molecule has 2 nitrogen and oxygen atoms in total. The van der Waals surface area contributed by atoms with E-state index in [0.717, 1.165) is 12.0 Å². The lowest BCUT2D eigenvalue weighted by Gasteiger charge is -2.03. The van der Waals surface area contributed by atoms with Crippen LogP contribution in [-0.2, 0) is 13.0 Å². The Morgan fingerprint density at radius 1 is 0.824 bits per heavy atom. The van der Waals surface area contributed by atoms with Crippen LogP contribution in [0.25, 0.3) is 0 Å². The smallest absolute Gasteiger partial charge is 0.0991 e. The van der Waals surface area contributed by atoms with Crippen LogP contribution in [-0.4, -0.2) is 5.11 Å². The van der Waals surface area contributed by atoms with Gasteiger partial charge in [-0.3, -0.25) is 0 Å². The summed E-state index contributed by atoms with van der Waals surface area (Å²) in [6.45, 7) is 0.0805. The van der Waals surface area contributed by atoms with Gasteiger partial charge in [-0.05, 0) is 35.2 Å².